The molecular formula is C95H130Cl3N13O16Si. The van der Waals surface area contributed by atoms with E-state index in [0.717, 1.165) is 73.1 Å². The number of carbonyl (C=O) groups is 9. The summed E-state index contributed by atoms with van der Waals surface area (Å²) >= 11 is 15.1. The molecule has 29 nitrogen and oxygen atoms in total. The molecular weight excluding hydrogens is 1710 g/mol. The summed E-state index contributed by atoms with van der Waals surface area (Å²) < 4.78 is 10.8. The third-order valence-electron chi connectivity index (χ3n) is 18.7. The van der Waals surface area contributed by atoms with E-state index in [0.29, 0.717) is 57.4 Å². The van der Waals surface area contributed by atoms with Crippen LogP contribution in [-0.4, -0.2) is 202 Å². The molecule has 9 aromatic rings. The van der Waals surface area contributed by atoms with Gasteiger partial charge >= 0.3 is 5.97 Å². The van der Waals surface area contributed by atoms with E-state index in [1.807, 2.05) is 148 Å². The summed E-state index contributed by atoms with van der Waals surface area (Å²) in [6.07, 6.45) is 2.68. The van der Waals surface area contributed by atoms with Crippen molar-refractivity contribution in [2.24, 2.45) is 5.90 Å². The van der Waals surface area contributed by atoms with Crippen molar-refractivity contribution in [3.63, 3.8) is 0 Å². The van der Waals surface area contributed by atoms with Crippen LogP contribution in [0.3, 0.4) is 0 Å². The number of aliphatic hydroxyl groups excluding tert-OH is 2. The molecule has 0 bridgehead atoms. The van der Waals surface area contributed by atoms with Gasteiger partial charge < -0.3 is 76.1 Å². The average molecular weight is 1840 g/mol. The topological polar surface area (TPSA) is 414 Å². The minimum Gasteiger partial charge on any atom is -0.465 e. The maximum absolute atomic E-state index is 12.5. The van der Waals surface area contributed by atoms with Crippen molar-refractivity contribution in [1.29, 1.82) is 0 Å². The van der Waals surface area contributed by atoms with E-state index >= 15 is 0 Å². The number of amides is 6. The molecule has 0 radical (unpaired) electrons. The molecule has 0 aliphatic rings. The molecule has 0 aromatic heterocycles. The number of ether oxygens (including phenoxy) is 1. The summed E-state index contributed by atoms with van der Waals surface area (Å²) in [7, 11) is -0.237. The van der Waals surface area contributed by atoms with E-state index in [-0.39, 0.29) is 79.9 Å². The second-order valence-electron chi connectivity index (χ2n) is 28.8. The van der Waals surface area contributed by atoms with Crippen LogP contribution in [-0.2, 0) is 33.1 Å². The Morgan fingerprint density at radius 2 is 0.711 bits per heavy atom. The molecule has 0 spiro atoms. The summed E-state index contributed by atoms with van der Waals surface area (Å²) in [6.45, 7) is 31.3. The lowest BCUT2D eigenvalue weighted by molar-refractivity contribution is -0.117. The van der Waals surface area contributed by atoms with E-state index in [1.165, 1.54) is 43.8 Å². The zero-order chi connectivity index (χ0) is 95.7. The van der Waals surface area contributed by atoms with Crippen LogP contribution in [0.5, 0.6) is 0 Å². The van der Waals surface area contributed by atoms with Gasteiger partial charge in [-0.3, -0.25) is 48.8 Å². The van der Waals surface area contributed by atoms with Gasteiger partial charge in [0.2, 0.25) is 28.9 Å². The molecule has 9 aromatic carbocycles. The highest BCUT2D eigenvalue weighted by Crippen LogP contribution is 2.36. The molecule has 9 rings (SSSR count). The fourth-order valence-corrected chi connectivity index (χ4v) is 12.0. The molecule has 0 unspecified atom stereocenters. The highest BCUT2D eigenvalue weighted by atomic mass is 35.5. The lowest BCUT2D eigenvalue weighted by Gasteiger charge is -2.36. The van der Waals surface area contributed by atoms with Crippen LogP contribution < -0.4 is 63.5 Å². The van der Waals surface area contributed by atoms with Crippen LogP contribution in [0.25, 0.3) is 0 Å². The summed E-state index contributed by atoms with van der Waals surface area (Å²) in [5.41, 5.74) is 17.5. The lowest BCUT2D eigenvalue weighted by atomic mass is 10.1. The Kier molecular flexibility index (Phi) is 60.4. The first-order chi connectivity index (χ1) is 61.4. The average Bonchev–Trinajstić information content (AvgIpc) is 0.808. The smallest absolute Gasteiger partial charge is 0.337 e. The minimum absolute atomic E-state index is 0.0000874. The number of hydrogen-bond acceptors (Lipinski definition) is 23. The predicted molar refractivity (Wildman–Crippen MR) is 520 cm³/mol. The first-order valence-corrected chi connectivity index (χ1v) is 46.0. The van der Waals surface area contributed by atoms with Gasteiger partial charge in [-0.1, -0.05) is 153 Å². The zero-order valence-electron chi connectivity index (χ0n) is 75.4. The molecule has 696 valence electrons. The number of nitrogens with one attached hydrogen (secondary N) is 6. The number of ketones is 1. The monoisotopic (exact) mass is 1840 g/mol. The first-order valence-electron chi connectivity index (χ1n) is 41.7. The number of nitrogen functional groups attached to an aromatic ring is 1. The van der Waals surface area contributed by atoms with Gasteiger partial charge in [0, 0.05) is 101 Å². The van der Waals surface area contributed by atoms with Gasteiger partial charge in [-0.25, -0.2) is 21.7 Å². The van der Waals surface area contributed by atoms with Crippen LogP contribution in [0.2, 0.25) is 18.1 Å². The largest absolute Gasteiger partial charge is 0.465 e. The molecule has 0 aliphatic heterocycles. The number of benzene rings is 9. The molecule has 15 N–H and O–H groups in total. The molecule has 0 aliphatic carbocycles. The highest BCUT2D eigenvalue weighted by Gasteiger charge is 2.37. The zero-order valence-corrected chi connectivity index (χ0v) is 78.6. The number of methoxy groups -OCH3 is 1. The van der Waals surface area contributed by atoms with Crippen molar-refractivity contribution in [2.75, 3.05) is 157 Å². The van der Waals surface area contributed by atoms with Crippen LogP contribution in [0.15, 0.2) is 249 Å². The second kappa shape index (κ2) is 67.6. The van der Waals surface area contributed by atoms with Gasteiger partial charge in [-0.2, -0.15) is 0 Å². The molecule has 0 heterocycles. The van der Waals surface area contributed by atoms with E-state index in [1.54, 1.807) is 123 Å². The van der Waals surface area contributed by atoms with Gasteiger partial charge in [0.25, 0.3) is 11.8 Å². The number of carbonyl (C=O) groups excluding carboxylic acids is 9. The van der Waals surface area contributed by atoms with E-state index in [2.05, 4.69) is 104 Å². The minimum atomic E-state index is -1.58. The number of para-hydroxylation sites is 5. The molecule has 128 heavy (non-hydrogen) atoms. The summed E-state index contributed by atoms with van der Waals surface area (Å²) in [5, 5.41) is 53.6. The molecule has 6 amide bonds. The van der Waals surface area contributed by atoms with Crippen molar-refractivity contribution in [1.82, 2.24) is 15.9 Å². The Morgan fingerprint density at radius 3 is 0.977 bits per heavy atom. The van der Waals surface area contributed by atoms with E-state index in [4.69, 9.17) is 70.8 Å². The maximum Gasteiger partial charge on any atom is 0.337 e. The molecule has 0 saturated carbocycles. The Balaban J connectivity index is 0.000000756. The Hall–Kier alpha value is -11.6. The van der Waals surface area contributed by atoms with E-state index in [9.17, 15) is 43.2 Å². The van der Waals surface area contributed by atoms with Crippen molar-refractivity contribution < 1.29 is 78.1 Å². The third-order valence-corrected chi connectivity index (χ3v) is 24.0. The van der Waals surface area contributed by atoms with Crippen molar-refractivity contribution in [3.8, 4) is 0 Å². The number of aliphatic hydroxyl groups is 2. The van der Waals surface area contributed by atoms with Crippen LogP contribution in [0.4, 0.5) is 51.2 Å². The first kappa shape index (κ1) is 114. The van der Waals surface area contributed by atoms with Gasteiger partial charge in [0.15, 0.2) is 14.1 Å². The number of hydrogen-bond donors (Lipinski definition) is 13. The summed E-state index contributed by atoms with van der Waals surface area (Å²) in [5.74, 6) is 1.34. The fourth-order valence-electron chi connectivity index (χ4n) is 10.8. The number of nitrogens with zero attached hydrogens (tertiary/aromatic N) is 5. The normalized spacial score (nSPS) is 10.1. The summed E-state index contributed by atoms with van der Waals surface area (Å²) in [4.78, 5) is 112. The van der Waals surface area contributed by atoms with Crippen LogP contribution in [0.1, 0.15) is 123 Å². The van der Waals surface area contributed by atoms with Gasteiger partial charge in [0.05, 0.1) is 51.4 Å². The highest BCUT2D eigenvalue weighted by molar-refractivity contribution is 6.74. The Labute approximate surface area is 770 Å². The molecule has 0 fully saturated rings. The van der Waals surface area contributed by atoms with Crippen molar-refractivity contribution in [3.05, 3.63) is 271 Å². The predicted octanol–water partition coefficient (Wildman–Crippen LogP) is 16.1. The Morgan fingerprint density at radius 1 is 0.414 bits per heavy atom. The Bertz CT molecular complexity index is 4250. The van der Waals surface area contributed by atoms with Crippen molar-refractivity contribution >= 4 is 147 Å². The molecule has 0 saturated heterocycles. The van der Waals surface area contributed by atoms with Gasteiger partial charge in [-0.15, -0.1) is 23.2 Å². The maximum atomic E-state index is 12.5. The number of hydroxylamine groups is 2. The number of alkyl halides is 2. The number of halogens is 3. The van der Waals surface area contributed by atoms with Gasteiger partial charge in [-0.05, 0) is 226 Å². The molecule has 33 heteroatoms. The fraction of sp³-hybridized carbons (Fsp3) is 0.337. The summed E-state index contributed by atoms with van der Waals surface area (Å²) in [6, 6.07) is 74.3. The number of rotatable bonds is 36. The second-order valence-corrected chi connectivity index (χ2v) is 34.5. The standard InChI is InChI=1S/C19H22N2O3.C18H21N3O3.C17H19N3O4.C14H25NOSi.C11H14ClNO.C8H9NO2.C6H15N.C2H2Cl2O.H3NO/c1-3-13-21(17-7-5-4-6-8-17)18(22)14-20-16-11-9-15(10-12-16)19(23)24-2;1-2-12-21(16-6-4-3-5-7-16)17(22)13-19-15-10-8-14(9-11-15)18(23)20-24;21-11-10-20(15-4-2-1-3-5-15)16(22)12-18-14-8-6-13(7-9-14)17(23)19-24;1-14(2,3)17(4,5)16-12-11-15-13-9-7-6-8-10-13;1-2-8-13(11(14)9-12)10-6-4-3-5-7-10;9-7-3-1-6(2-4-7)8(11)5-10;1-4-7(5-2)6-3;3-1-2(4)5;1-2/h4-12,20H,3,13-14H2,1-2H3;3-11,19,24H,2,12-13H2,1H3,(H,20,23);1-9,18,21,24H,10-12H2,(H,19,23);6-10,15H,11-12H2,1-5H3;3-7H,2,8-9H2,1H3;1-4,10H,5,9H2;4-6H2,1-3H3;1H2;2H,1H2. The SMILES string of the molecule is CC(C)(C)[Si](C)(C)OCCNc1ccccc1.CCCN(C(=O)CCl)c1ccccc1.CCCN(C(=O)CNc1ccc(C(=O)NO)cc1)c1ccccc1.CCCN(C(=O)CNc1ccc(C(=O)OC)cc1)c1ccccc1.CCN(CC)CC.NO.Nc1ccc(C(=O)CO)cc1.O=C(Cl)CCl.O=C(NO)c1ccc(NCC(=O)N(CCO)c2ccccc2)cc1. The number of nitrogens with two attached hydrogens (primary N) is 2. The van der Waals surface area contributed by atoms with Crippen LogP contribution >= 0.6 is 34.8 Å². The van der Waals surface area contributed by atoms with Gasteiger partial charge in [0.1, 0.15) is 12.5 Å². The van der Waals surface area contributed by atoms with Crippen LogP contribution in [0, 0.1) is 0 Å². The number of Topliss-reactive ketones (excluding diaryl/α,β-unsaturated/α-hetero) is 1. The molecule has 0 atom stereocenters. The third kappa shape index (κ3) is 46.2. The number of esters is 1. The quantitative estimate of drug-likeness (QED) is 0.00200. The lowest BCUT2D eigenvalue weighted by Crippen LogP contribution is -2.41. The van der Waals surface area contributed by atoms with E-state index < -0.39 is 32.0 Å². The number of anilines is 9. The van der Waals surface area contributed by atoms with Crippen molar-refractivity contribution in [2.45, 2.75) is 99.7 Å².